The van der Waals surface area contributed by atoms with Crippen LogP contribution in [0.1, 0.15) is 50.5 Å². The number of oxime groups is 1. The van der Waals surface area contributed by atoms with Crippen molar-refractivity contribution >= 4 is 23.3 Å². The van der Waals surface area contributed by atoms with Crippen LogP contribution in [0, 0.1) is 13.8 Å². The Labute approximate surface area is 218 Å². The molecule has 4 aromatic rings. The summed E-state index contributed by atoms with van der Waals surface area (Å²) in [6.07, 6.45) is 1.89. The zero-order valence-corrected chi connectivity index (χ0v) is 21.0. The van der Waals surface area contributed by atoms with Crippen molar-refractivity contribution in [1.29, 1.82) is 0 Å². The van der Waals surface area contributed by atoms with Gasteiger partial charge in [0, 0.05) is 34.7 Å². The summed E-state index contributed by atoms with van der Waals surface area (Å²) in [5.74, 6) is -0.258. The Bertz CT molecular complexity index is 1530. The predicted molar refractivity (Wildman–Crippen MR) is 143 cm³/mol. The molecule has 0 spiro atoms. The molecule has 0 amide bonds. The van der Waals surface area contributed by atoms with E-state index in [0.717, 1.165) is 16.7 Å². The van der Waals surface area contributed by atoms with Gasteiger partial charge in [0.2, 0.25) is 0 Å². The molecule has 1 aromatic heterocycles. The molecular weight excluding hydrogens is 492 g/mol. The summed E-state index contributed by atoms with van der Waals surface area (Å²) in [6.45, 7) is 3.67. The lowest BCUT2D eigenvalue weighted by Crippen LogP contribution is -2.15. The standard InChI is InChI=1S/C29H25ClN2O5/c1-17-13-22(30)8-11-25(17)26(15-27(32-36)21-12-18(2)28(33)31-16-21)19-6-9-23(10-7-19)37-24-5-3-4-20(14-24)29(34)35/h3-14,16,26,36H,15H2,1-2H3,(H,31,33)(H,34,35)/b32-27+. The maximum atomic E-state index is 11.8. The number of carboxylic acids is 1. The van der Waals surface area contributed by atoms with E-state index in [1.54, 1.807) is 43.5 Å². The van der Waals surface area contributed by atoms with Gasteiger partial charge in [-0.05, 0) is 79.1 Å². The number of halogens is 1. The first-order valence-electron chi connectivity index (χ1n) is 11.5. The summed E-state index contributed by atoms with van der Waals surface area (Å²) in [4.78, 5) is 25.8. The first-order chi connectivity index (χ1) is 17.7. The number of aromatic carboxylic acids is 1. The molecule has 0 radical (unpaired) electrons. The zero-order chi connectivity index (χ0) is 26.5. The molecule has 0 aliphatic rings. The van der Waals surface area contributed by atoms with E-state index in [0.29, 0.717) is 39.8 Å². The van der Waals surface area contributed by atoms with Crippen LogP contribution in [0.25, 0.3) is 0 Å². The smallest absolute Gasteiger partial charge is 0.335 e. The minimum atomic E-state index is -1.03. The van der Waals surface area contributed by atoms with Gasteiger partial charge in [-0.15, -0.1) is 0 Å². The van der Waals surface area contributed by atoms with Crippen molar-refractivity contribution in [3.63, 3.8) is 0 Å². The average Bonchev–Trinajstić information content (AvgIpc) is 2.88. The largest absolute Gasteiger partial charge is 0.478 e. The van der Waals surface area contributed by atoms with E-state index < -0.39 is 5.97 Å². The van der Waals surface area contributed by atoms with Gasteiger partial charge in [-0.1, -0.05) is 41.0 Å². The summed E-state index contributed by atoms with van der Waals surface area (Å²) in [5, 5.41) is 23.3. The fourth-order valence-corrected chi connectivity index (χ4v) is 4.43. The second-order valence-electron chi connectivity index (χ2n) is 8.71. The van der Waals surface area contributed by atoms with E-state index in [9.17, 15) is 19.9 Å². The van der Waals surface area contributed by atoms with Crippen LogP contribution in [0.4, 0.5) is 0 Å². The average molecular weight is 517 g/mol. The molecule has 37 heavy (non-hydrogen) atoms. The molecule has 0 saturated carbocycles. The highest BCUT2D eigenvalue weighted by Crippen LogP contribution is 2.34. The van der Waals surface area contributed by atoms with E-state index in [1.165, 1.54) is 12.1 Å². The normalized spacial score (nSPS) is 12.2. The maximum Gasteiger partial charge on any atom is 0.335 e. The van der Waals surface area contributed by atoms with Gasteiger partial charge in [0.1, 0.15) is 11.5 Å². The molecule has 0 aliphatic heterocycles. The van der Waals surface area contributed by atoms with Crippen molar-refractivity contribution in [2.45, 2.75) is 26.2 Å². The zero-order valence-electron chi connectivity index (χ0n) is 20.2. The van der Waals surface area contributed by atoms with Crippen molar-refractivity contribution < 1.29 is 19.8 Å². The van der Waals surface area contributed by atoms with Gasteiger partial charge in [0.05, 0.1) is 11.3 Å². The van der Waals surface area contributed by atoms with Crippen LogP contribution >= 0.6 is 11.6 Å². The lowest BCUT2D eigenvalue weighted by atomic mass is 9.83. The third-order valence-corrected chi connectivity index (χ3v) is 6.38. The lowest BCUT2D eigenvalue weighted by Gasteiger charge is -2.21. The molecule has 0 fully saturated rings. The number of hydrogen-bond acceptors (Lipinski definition) is 5. The number of rotatable bonds is 8. The molecule has 4 rings (SSSR count). The Kier molecular flexibility index (Phi) is 7.74. The van der Waals surface area contributed by atoms with E-state index in [2.05, 4.69) is 10.1 Å². The van der Waals surface area contributed by atoms with Crippen LogP contribution in [0.3, 0.4) is 0 Å². The van der Waals surface area contributed by atoms with Gasteiger partial charge in [-0.2, -0.15) is 0 Å². The first-order valence-corrected chi connectivity index (χ1v) is 11.9. The van der Waals surface area contributed by atoms with Gasteiger partial charge in [0.25, 0.3) is 5.56 Å². The van der Waals surface area contributed by atoms with Gasteiger partial charge in [0.15, 0.2) is 0 Å². The van der Waals surface area contributed by atoms with E-state index in [1.807, 2.05) is 37.3 Å². The van der Waals surface area contributed by atoms with E-state index in [4.69, 9.17) is 16.3 Å². The summed E-state index contributed by atoms with van der Waals surface area (Å²) >= 11 is 6.21. The van der Waals surface area contributed by atoms with Crippen molar-refractivity contribution in [3.8, 4) is 11.5 Å². The number of nitrogens with one attached hydrogen (secondary N) is 1. The van der Waals surface area contributed by atoms with Gasteiger partial charge >= 0.3 is 5.97 Å². The number of ether oxygens (including phenoxy) is 1. The number of aromatic amines is 1. The van der Waals surface area contributed by atoms with Crippen molar-refractivity contribution in [1.82, 2.24) is 4.98 Å². The predicted octanol–water partition coefficient (Wildman–Crippen LogP) is 6.54. The number of H-pyrrole nitrogens is 1. The number of nitrogens with zero attached hydrogens (tertiary/aromatic N) is 1. The summed E-state index contributed by atoms with van der Waals surface area (Å²) in [7, 11) is 0. The van der Waals surface area contributed by atoms with Crippen LogP contribution in [0.15, 0.2) is 88.9 Å². The number of carbonyl (C=O) groups is 1. The highest BCUT2D eigenvalue weighted by Gasteiger charge is 2.21. The molecular formula is C29H25ClN2O5. The molecule has 1 heterocycles. The van der Waals surface area contributed by atoms with Crippen LogP contribution in [0.2, 0.25) is 5.02 Å². The second kappa shape index (κ2) is 11.1. The highest BCUT2D eigenvalue weighted by atomic mass is 35.5. The summed E-state index contributed by atoms with van der Waals surface area (Å²) in [5.41, 5.74) is 4.44. The molecule has 0 aliphatic carbocycles. The fourth-order valence-electron chi connectivity index (χ4n) is 4.21. The van der Waals surface area contributed by atoms with Crippen LogP contribution in [-0.2, 0) is 0 Å². The van der Waals surface area contributed by atoms with Crippen molar-refractivity contribution in [2.75, 3.05) is 0 Å². The molecule has 0 bridgehead atoms. The minimum absolute atomic E-state index is 0.140. The van der Waals surface area contributed by atoms with Crippen molar-refractivity contribution in [2.24, 2.45) is 5.16 Å². The molecule has 7 nitrogen and oxygen atoms in total. The van der Waals surface area contributed by atoms with Gasteiger partial charge < -0.3 is 20.0 Å². The molecule has 3 aromatic carbocycles. The monoisotopic (exact) mass is 516 g/mol. The van der Waals surface area contributed by atoms with Crippen LogP contribution < -0.4 is 10.3 Å². The molecule has 1 unspecified atom stereocenters. The third-order valence-electron chi connectivity index (χ3n) is 6.15. The number of aryl methyl sites for hydroxylation is 2. The summed E-state index contributed by atoms with van der Waals surface area (Å²) in [6, 6.07) is 21.1. The third kappa shape index (κ3) is 6.08. The molecule has 188 valence electrons. The molecule has 8 heteroatoms. The summed E-state index contributed by atoms with van der Waals surface area (Å²) < 4.78 is 5.87. The van der Waals surface area contributed by atoms with Gasteiger partial charge in [-0.3, -0.25) is 4.79 Å². The number of benzene rings is 3. The fraction of sp³-hybridized carbons (Fsp3) is 0.138. The second-order valence-corrected chi connectivity index (χ2v) is 9.15. The topological polar surface area (TPSA) is 112 Å². The Morgan fingerprint density at radius 2 is 1.73 bits per heavy atom. The maximum absolute atomic E-state index is 11.8. The molecule has 3 N–H and O–H groups in total. The molecule has 0 saturated heterocycles. The Morgan fingerprint density at radius 1 is 0.973 bits per heavy atom. The van der Waals surface area contributed by atoms with Gasteiger partial charge in [-0.25, -0.2) is 4.79 Å². The SMILES string of the molecule is Cc1cc(Cl)ccc1C(C/C(=N\O)c1c[nH]c(=O)c(C)c1)c1ccc(Oc2cccc(C(=O)O)c2)cc1. The van der Waals surface area contributed by atoms with Crippen LogP contribution in [0.5, 0.6) is 11.5 Å². The molecule has 1 atom stereocenters. The minimum Gasteiger partial charge on any atom is -0.478 e. The highest BCUT2D eigenvalue weighted by molar-refractivity contribution is 6.30. The first kappa shape index (κ1) is 25.7. The number of hydrogen-bond donors (Lipinski definition) is 3. The Balaban J connectivity index is 1.67. The number of carboxylic acid groups (broad SMARTS) is 1. The van der Waals surface area contributed by atoms with E-state index in [-0.39, 0.29) is 17.0 Å². The quantitative estimate of drug-likeness (QED) is 0.140. The number of pyridine rings is 1. The Hall–Kier alpha value is -4.36. The number of aromatic nitrogens is 1. The lowest BCUT2D eigenvalue weighted by molar-refractivity contribution is 0.0696. The van der Waals surface area contributed by atoms with Crippen LogP contribution in [-0.4, -0.2) is 27.0 Å². The van der Waals surface area contributed by atoms with E-state index >= 15 is 0 Å². The Morgan fingerprint density at radius 3 is 2.38 bits per heavy atom. The van der Waals surface area contributed by atoms with Crippen molar-refractivity contribution in [3.05, 3.63) is 128 Å².